The fourth-order valence-corrected chi connectivity index (χ4v) is 1.92. The van der Waals surface area contributed by atoms with Gasteiger partial charge >= 0.3 is 0 Å². The van der Waals surface area contributed by atoms with E-state index in [-0.39, 0.29) is 5.91 Å². The lowest BCUT2D eigenvalue weighted by atomic mass is 10.2. The van der Waals surface area contributed by atoms with Crippen molar-refractivity contribution in [1.29, 1.82) is 0 Å². The van der Waals surface area contributed by atoms with E-state index in [0.29, 0.717) is 24.5 Å². The zero-order valence-corrected chi connectivity index (χ0v) is 10.9. The van der Waals surface area contributed by atoms with Gasteiger partial charge in [0.2, 0.25) is 0 Å². The van der Waals surface area contributed by atoms with Crippen LogP contribution in [0.25, 0.3) is 0 Å². The van der Waals surface area contributed by atoms with Gasteiger partial charge in [0.1, 0.15) is 6.26 Å². The molecule has 2 N–H and O–H groups in total. The van der Waals surface area contributed by atoms with Crippen molar-refractivity contribution in [3.8, 4) is 0 Å². The van der Waals surface area contributed by atoms with E-state index in [1.807, 2.05) is 31.2 Å². The van der Waals surface area contributed by atoms with E-state index in [4.69, 9.17) is 10.3 Å². The molecule has 1 amide bonds. The molecule has 100 valence electrons. The number of nitrogen functional groups attached to an aromatic ring is 1. The van der Waals surface area contributed by atoms with Gasteiger partial charge in [-0.15, -0.1) is 0 Å². The molecule has 0 unspecified atom stereocenters. The highest BCUT2D eigenvalue weighted by molar-refractivity contribution is 5.92. The number of rotatable bonds is 5. The predicted molar refractivity (Wildman–Crippen MR) is 72.4 cm³/mol. The lowest BCUT2D eigenvalue weighted by molar-refractivity contribution is 0.0732. The maximum atomic E-state index is 12.3. The van der Waals surface area contributed by atoms with Gasteiger partial charge in [-0.3, -0.25) is 4.79 Å². The molecule has 19 heavy (non-hydrogen) atoms. The summed E-state index contributed by atoms with van der Waals surface area (Å²) in [5, 5.41) is 3.69. The van der Waals surface area contributed by atoms with E-state index in [9.17, 15) is 4.79 Å². The lowest BCUT2D eigenvalue weighted by Crippen LogP contribution is -2.31. The monoisotopic (exact) mass is 259 g/mol. The summed E-state index contributed by atoms with van der Waals surface area (Å²) in [4.78, 5) is 14.0. The number of nitrogens with two attached hydrogens (primary N) is 1. The Morgan fingerprint density at radius 1 is 1.42 bits per heavy atom. The molecule has 0 spiro atoms. The van der Waals surface area contributed by atoms with Gasteiger partial charge in [0, 0.05) is 24.8 Å². The van der Waals surface area contributed by atoms with Crippen LogP contribution in [0.4, 0.5) is 5.69 Å². The fraction of sp³-hybridized carbons (Fsp3) is 0.286. The average molecular weight is 259 g/mol. The maximum Gasteiger partial charge on any atom is 0.276 e. The predicted octanol–water partition coefficient (Wildman–Crippen LogP) is 2.31. The number of hydrogen-bond acceptors (Lipinski definition) is 4. The minimum absolute atomic E-state index is 0.127. The molecule has 0 atom stereocenters. The maximum absolute atomic E-state index is 12.3. The first-order valence-electron chi connectivity index (χ1n) is 6.24. The van der Waals surface area contributed by atoms with Crippen LogP contribution in [0.15, 0.2) is 41.1 Å². The van der Waals surface area contributed by atoms with Crippen molar-refractivity contribution in [1.82, 2.24) is 10.1 Å². The molecule has 5 nitrogen and oxygen atoms in total. The molecule has 0 radical (unpaired) electrons. The average Bonchev–Trinajstić information content (AvgIpc) is 2.91. The van der Waals surface area contributed by atoms with Crippen LogP contribution < -0.4 is 5.73 Å². The first-order valence-corrected chi connectivity index (χ1v) is 6.24. The minimum atomic E-state index is -0.127. The summed E-state index contributed by atoms with van der Waals surface area (Å²) in [5.74, 6) is -0.127. The Kier molecular flexibility index (Phi) is 4.18. The van der Waals surface area contributed by atoms with Crippen LogP contribution in [0, 0.1) is 0 Å². The van der Waals surface area contributed by atoms with Crippen molar-refractivity contribution >= 4 is 11.6 Å². The second kappa shape index (κ2) is 6.04. The van der Waals surface area contributed by atoms with Gasteiger partial charge in [0.25, 0.3) is 5.91 Å². The van der Waals surface area contributed by atoms with Crippen molar-refractivity contribution in [3.63, 3.8) is 0 Å². The Balaban J connectivity index is 2.14. The summed E-state index contributed by atoms with van der Waals surface area (Å²) in [6.45, 7) is 3.22. The van der Waals surface area contributed by atoms with Crippen molar-refractivity contribution in [3.05, 3.63) is 47.9 Å². The normalized spacial score (nSPS) is 10.4. The zero-order valence-electron chi connectivity index (χ0n) is 10.9. The third-order valence-electron chi connectivity index (χ3n) is 2.76. The van der Waals surface area contributed by atoms with E-state index in [1.54, 1.807) is 11.0 Å². The lowest BCUT2D eigenvalue weighted by Gasteiger charge is -2.21. The zero-order chi connectivity index (χ0) is 13.7. The van der Waals surface area contributed by atoms with Crippen LogP contribution in [0.1, 0.15) is 29.4 Å². The van der Waals surface area contributed by atoms with E-state index in [0.717, 1.165) is 12.0 Å². The number of carbonyl (C=O) groups excluding carboxylic acids is 1. The SMILES string of the molecule is CCCN(Cc1cccc(N)c1)C(=O)c1ccon1. The number of nitrogens with zero attached hydrogens (tertiary/aromatic N) is 2. The molecule has 1 aromatic carbocycles. The molecule has 0 aliphatic rings. The number of amides is 1. The standard InChI is InChI=1S/C14H17N3O2/c1-2-7-17(14(18)13-6-8-19-16-13)10-11-4-3-5-12(15)9-11/h3-6,8-9H,2,7,10,15H2,1H3. The van der Waals surface area contributed by atoms with E-state index >= 15 is 0 Å². The Bertz CT molecular complexity index is 537. The Morgan fingerprint density at radius 2 is 2.26 bits per heavy atom. The van der Waals surface area contributed by atoms with Crippen LogP contribution in [0.3, 0.4) is 0 Å². The Morgan fingerprint density at radius 3 is 2.89 bits per heavy atom. The highest BCUT2D eigenvalue weighted by Crippen LogP contribution is 2.12. The summed E-state index contributed by atoms with van der Waals surface area (Å²) in [5.41, 5.74) is 7.78. The Labute approximate surface area is 112 Å². The van der Waals surface area contributed by atoms with Gasteiger partial charge in [-0.25, -0.2) is 0 Å². The van der Waals surface area contributed by atoms with E-state index in [2.05, 4.69) is 5.16 Å². The summed E-state index contributed by atoms with van der Waals surface area (Å²) in [6, 6.07) is 9.11. The second-order valence-corrected chi connectivity index (χ2v) is 4.36. The molecule has 0 saturated carbocycles. The molecule has 1 aromatic heterocycles. The van der Waals surface area contributed by atoms with Gasteiger partial charge in [-0.2, -0.15) is 0 Å². The molecule has 5 heteroatoms. The quantitative estimate of drug-likeness (QED) is 0.836. The molecule has 0 bridgehead atoms. The van der Waals surface area contributed by atoms with Gasteiger partial charge in [-0.1, -0.05) is 24.2 Å². The largest absolute Gasteiger partial charge is 0.399 e. The van der Waals surface area contributed by atoms with Gasteiger partial charge in [0.15, 0.2) is 5.69 Å². The number of benzene rings is 1. The topological polar surface area (TPSA) is 72.4 Å². The Hall–Kier alpha value is -2.30. The van der Waals surface area contributed by atoms with Crippen LogP contribution in [0.2, 0.25) is 0 Å². The van der Waals surface area contributed by atoms with Gasteiger partial charge in [-0.05, 0) is 24.1 Å². The van der Waals surface area contributed by atoms with Crippen molar-refractivity contribution in [2.75, 3.05) is 12.3 Å². The summed E-state index contributed by atoms with van der Waals surface area (Å²) in [6.07, 6.45) is 2.28. The van der Waals surface area contributed by atoms with E-state index < -0.39 is 0 Å². The summed E-state index contributed by atoms with van der Waals surface area (Å²) < 4.78 is 4.72. The molecule has 1 heterocycles. The van der Waals surface area contributed by atoms with Gasteiger partial charge in [0.05, 0.1) is 0 Å². The summed E-state index contributed by atoms with van der Waals surface area (Å²) >= 11 is 0. The number of anilines is 1. The molecule has 0 fully saturated rings. The molecule has 0 saturated heterocycles. The molecular formula is C14H17N3O2. The summed E-state index contributed by atoms with van der Waals surface area (Å²) in [7, 11) is 0. The van der Waals surface area contributed by atoms with Crippen LogP contribution in [-0.2, 0) is 6.54 Å². The van der Waals surface area contributed by atoms with Crippen LogP contribution in [-0.4, -0.2) is 22.5 Å². The molecular weight excluding hydrogens is 242 g/mol. The molecule has 2 rings (SSSR count). The highest BCUT2D eigenvalue weighted by atomic mass is 16.5. The van der Waals surface area contributed by atoms with Crippen molar-refractivity contribution in [2.45, 2.75) is 19.9 Å². The van der Waals surface area contributed by atoms with E-state index in [1.165, 1.54) is 6.26 Å². The first-order chi connectivity index (χ1) is 9.20. The number of aromatic nitrogens is 1. The van der Waals surface area contributed by atoms with Gasteiger partial charge < -0.3 is 15.2 Å². The molecule has 2 aromatic rings. The third-order valence-corrected chi connectivity index (χ3v) is 2.76. The molecule has 0 aliphatic heterocycles. The minimum Gasteiger partial charge on any atom is -0.399 e. The third kappa shape index (κ3) is 3.34. The smallest absolute Gasteiger partial charge is 0.276 e. The number of carbonyl (C=O) groups is 1. The van der Waals surface area contributed by atoms with Crippen molar-refractivity contribution in [2.24, 2.45) is 0 Å². The fourth-order valence-electron chi connectivity index (χ4n) is 1.92. The first kappa shape index (κ1) is 13.1. The highest BCUT2D eigenvalue weighted by Gasteiger charge is 2.17. The van der Waals surface area contributed by atoms with Crippen LogP contribution in [0.5, 0.6) is 0 Å². The second-order valence-electron chi connectivity index (χ2n) is 4.36. The van der Waals surface area contributed by atoms with Crippen LogP contribution >= 0.6 is 0 Å². The number of hydrogen-bond donors (Lipinski definition) is 1. The van der Waals surface area contributed by atoms with Crippen molar-refractivity contribution < 1.29 is 9.32 Å². The molecule has 0 aliphatic carbocycles.